The first-order valence-corrected chi connectivity index (χ1v) is 12.6. The van der Waals surface area contributed by atoms with Crippen molar-refractivity contribution >= 4 is 16.5 Å². The maximum absolute atomic E-state index is 13.4. The molecule has 0 bridgehead atoms. The Morgan fingerprint density at radius 2 is 1.59 bits per heavy atom. The number of alkyl halides is 6. The molecule has 1 saturated carbocycles. The summed E-state index contributed by atoms with van der Waals surface area (Å²) in [6.07, 6.45) is 4.21. The van der Waals surface area contributed by atoms with Crippen LogP contribution in [-0.4, -0.2) is 52.1 Å². The standard InChI is InChI=1S/C15H16F6O4.C10H12O.CF3.Ru/c1-3-8-5-9(4-2)10(6-8)7-25-12(24)14(18,19)15(20,21)13(16,17)11(22)23;1-8(2)11-10-7-5-4-6-9(10)3;2-1(3)4;/h3-4,8-10H,1-2,5-7H2,(H,22,23);3-8H,1-2H3;;/q;;-1;+1. The summed E-state index contributed by atoms with van der Waals surface area (Å²) in [6, 6.07) is 8.01. The van der Waals surface area contributed by atoms with Crippen molar-refractivity contribution in [3.63, 3.8) is 0 Å². The molecular weight excluding hydrogens is 664 g/mol. The molecule has 233 valence electrons. The van der Waals surface area contributed by atoms with Crippen LogP contribution >= 0.6 is 0 Å². The number of ether oxygens (including phenoxy) is 2. The third kappa shape index (κ3) is 10.9. The summed E-state index contributed by atoms with van der Waals surface area (Å²) >= 11 is 2.49. The van der Waals surface area contributed by atoms with Crippen molar-refractivity contribution in [3.8, 4) is 5.75 Å². The number of hydrogen-bond acceptors (Lipinski definition) is 4. The van der Waals surface area contributed by atoms with Crippen LogP contribution < -0.4 is 4.74 Å². The Bertz CT molecular complexity index is 1030. The van der Waals surface area contributed by atoms with Gasteiger partial charge in [-0.05, 0) is 30.6 Å². The smallest absolute Gasteiger partial charge is 0.154 e. The van der Waals surface area contributed by atoms with Crippen LogP contribution in [0.15, 0.2) is 49.6 Å². The molecule has 5 nitrogen and oxygen atoms in total. The van der Waals surface area contributed by atoms with Gasteiger partial charge in [-0.3, -0.25) is 0 Å². The van der Waals surface area contributed by atoms with Crippen molar-refractivity contribution in [2.75, 3.05) is 6.61 Å². The monoisotopic (exact) mass is 693 g/mol. The summed E-state index contributed by atoms with van der Waals surface area (Å²) in [7, 11) is 0. The molecule has 0 aromatic heterocycles. The fourth-order valence-electron chi connectivity index (χ4n) is 3.53. The Hall–Kier alpha value is -2.70. The Balaban J connectivity index is 0.000000823. The van der Waals surface area contributed by atoms with E-state index in [4.69, 9.17) is 9.84 Å². The second-order valence-electron chi connectivity index (χ2n) is 8.77. The van der Waals surface area contributed by atoms with Crippen LogP contribution in [0, 0.1) is 24.4 Å². The van der Waals surface area contributed by atoms with Gasteiger partial charge in [-0.2, -0.15) is 26.3 Å². The molecule has 2 rings (SSSR count). The minimum Gasteiger partial charge on any atom is -0.385 e. The van der Waals surface area contributed by atoms with E-state index >= 15 is 0 Å². The summed E-state index contributed by atoms with van der Waals surface area (Å²) in [5.41, 5.74) is 1.13. The number of carbonyl (C=O) groups excluding carboxylic acids is 1. The number of para-hydroxylation sites is 1. The van der Waals surface area contributed by atoms with Crippen LogP contribution in [0.5, 0.6) is 5.75 Å². The first-order chi connectivity index (χ1) is 18.8. The van der Waals surface area contributed by atoms with E-state index in [2.05, 4.69) is 35.7 Å². The molecule has 0 spiro atoms. The minimum absolute atomic E-state index is 0.0232. The molecule has 15 heteroatoms. The van der Waals surface area contributed by atoms with Crippen LogP contribution in [0.25, 0.3) is 0 Å². The quantitative estimate of drug-likeness (QED) is 0.0886. The van der Waals surface area contributed by atoms with Crippen molar-refractivity contribution in [3.05, 3.63) is 61.8 Å². The van der Waals surface area contributed by atoms with Crippen LogP contribution in [0.4, 0.5) is 39.5 Å². The average Bonchev–Trinajstić information content (AvgIpc) is 3.29. The molecule has 3 unspecified atom stereocenters. The first-order valence-electron chi connectivity index (χ1n) is 11.6. The van der Waals surface area contributed by atoms with E-state index in [0.29, 0.717) is 12.8 Å². The third-order valence-corrected chi connectivity index (χ3v) is 6.10. The summed E-state index contributed by atoms with van der Waals surface area (Å²) in [5, 5.41) is 8.01. The number of carboxylic acid groups (broad SMARTS) is 1. The number of carboxylic acids is 1. The van der Waals surface area contributed by atoms with Crippen molar-refractivity contribution < 1.29 is 81.5 Å². The molecule has 1 aliphatic carbocycles. The maximum Gasteiger partial charge on any atom is 0.154 e. The van der Waals surface area contributed by atoms with E-state index in [-0.39, 0.29) is 17.9 Å². The zero-order chi connectivity index (χ0) is 32.2. The van der Waals surface area contributed by atoms with Gasteiger partial charge in [0.25, 0.3) is 0 Å². The fourth-order valence-corrected chi connectivity index (χ4v) is 3.95. The molecule has 3 atom stereocenters. The van der Waals surface area contributed by atoms with E-state index in [1.807, 2.05) is 42.7 Å². The van der Waals surface area contributed by atoms with Gasteiger partial charge in [0.2, 0.25) is 0 Å². The first kappa shape index (κ1) is 38.3. The SMILES string of the molecule is C=CC1CC(C=C)C(COC(=O)C(F)(F)C(F)(F)C(F)(F)C(=O)O)C1.CC(C)Oc1ccccc1[CH]=[Ru+].F[C-](F)F. The van der Waals surface area contributed by atoms with Gasteiger partial charge >= 0.3 is 112 Å². The molecule has 0 radical (unpaired) electrons. The molecule has 1 fully saturated rings. The zero-order valence-corrected chi connectivity index (χ0v) is 23.5. The number of aliphatic carboxylic acids is 1. The Morgan fingerprint density at radius 3 is 2.02 bits per heavy atom. The second-order valence-corrected chi connectivity index (χ2v) is 9.28. The average molecular weight is 693 g/mol. The normalized spacial score (nSPS) is 18.8. The molecule has 1 aromatic carbocycles. The van der Waals surface area contributed by atoms with Gasteiger partial charge in [0.05, 0.1) is 6.61 Å². The van der Waals surface area contributed by atoms with Crippen molar-refractivity contribution in [1.29, 1.82) is 0 Å². The summed E-state index contributed by atoms with van der Waals surface area (Å²) in [6.45, 7) is 7.33. The number of esters is 1. The molecule has 1 aliphatic rings. The summed E-state index contributed by atoms with van der Waals surface area (Å²) in [5.74, 6) is -24.9. The van der Waals surface area contributed by atoms with E-state index < -0.39 is 48.9 Å². The Morgan fingerprint density at radius 1 is 1.05 bits per heavy atom. The van der Waals surface area contributed by atoms with E-state index in [0.717, 1.165) is 11.3 Å². The number of hydrogen-bond donors (Lipinski definition) is 1. The Kier molecular flexibility index (Phi) is 15.6. The minimum atomic E-state index is -6.46. The number of halogens is 9. The number of allylic oxidation sites excluding steroid dienone is 2. The van der Waals surface area contributed by atoms with Crippen LogP contribution in [0.2, 0.25) is 0 Å². The molecule has 0 amide bonds. The number of benzene rings is 1. The van der Waals surface area contributed by atoms with Crippen molar-refractivity contribution in [2.24, 2.45) is 17.8 Å². The predicted molar refractivity (Wildman–Crippen MR) is 127 cm³/mol. The van der Waals surface area contributed by atoms with E-state index in [1.54, 1.807) is 6.08 Å². The Labute approximate surface area is 240 Å². The molecular formula is C26H28F9O5Ru. The van der Waals surface area contributed by atoms with Crippen molar-refractivity contribution in [1.82, 2.24) is 0 Å². The van der Waals surface area contributed by atoms with Gasteiger partial charge in [-0.1, -0.05) is 12.2 Å². The van der Waals surface area contributed by atoms with E-state index in [1.165, 1.54) is 6.08 Å². The summed E-state index contributed by atoms with van der Waals surface area (Å²) in [4.78, 5) is 21.4. The van der Waals surface area contributed by atoms with Crippen LogP contribution in [0.1, 0.15) is 32.3 Å². The molecule has 0 saturated heterocycles. The third-order valence-electron chi connectivity index (χ3n) is 5.56. The van der Waals surface area contributed by atoms with Gasteiger partial charge in [-0.25, -0.2) is 9.59 Å². The predicted octanol–water partition coefficient (Wildman–Crippen LogP) is 7.05. The molecule has 0 aliphatic heterocycles. The number of rotatable bonds is 11. The van der Waals surface area contributed by atoms with Gasteiger partial charge in [0, 0.05) is 0 Å². The van der Waals surface area contributed by atoms with Gasteiger partial charge in [0.1, 0.15) is 0 Å². The van der Waals surface area contributed by atoms with E-state index in [9.17, 15) is 49.1 Å². The maximum atomic E-state index is 13.4. The van der Waals surface area contributed by atoms with Crippen LogP contribution in [0.3, 0.4) is 0 Å². The molecule has 1 N–H and O–H groups in total. The van der Waals surface area contributed by atoms with Crippen molar-refractivity contribution in [2.45, 2.75) is 50.6 Å². The molecule has 1 aromatic rings. The largest absolute Gasteiger partial charge is 0.385 e. The second kappa shape index (κ2) is 16.7. The molecule has 0 heterocycles. The van der Waals surface area contributed by atoms with Gasteiger partial charge < -0.3 is 23.0 Å². The fraction of sp³-hybridized carbons (Fsp3) is 0.462. The summed E-state index contributed by atoms with van der Waals surface area (Å²) < 4.78 is 120. The number of carbonyl (C=O) groups is 2. The van der Waals surface area contributed by atoms with Gasteiger partial charge in [0.15, 0.2) is 6.68 Å². The molecule has 41 heavy (non-hydrogen) atoms. The van der Waals surface area contributed by atoms with Gasteiger partial charge in [-0.15, -0.1) is 13.2 Å². The van der Waals surface area contributed by atoms with Crippen LogP contribution in [-0.2, 0) is 32.2 Å². The zero-order valence-electron chi connectivity index (χ0n) is 21.7. The topological polar surface area (TPSA) is 72.8 Å².